The number of aryl methyl sites for hydroxylation is 1. The van der Waals surface area contributed by atoms with Gasteiger partial charge in [0.1, 0.15) is 11.1 Å². The predicted molar refractivity (Wildman–Crippen MR) is 161 cm³/mol. The lowest BCUT2D eigenvalue weighted by atomic mass is 10.2. The molecule has 43 heavy (non-hydrogen) atoms. The Kier molecular flexibility index (Phi) is 8.36. The molecule has 2 aromatic heterocycles. The van der Waals surface area contributed by atoms with Crippen molar-refractivity contribution >= 4 is 32.9 Å². The van der Waals surface area contributed by atoms with Crippen LogP contribution in [-0.2, 0) is 22.4 Å². The number of pyridine rings is 1. The highest BCUT2D eigenvalue weighted by atomic mass is 35.5. The quantitative estimate of drug-likeness (QED) is 0.270. The molecule has 4 aromatic rings. The maximum Gasteiger partial charge on any atom is 0.417 e. The van der Waals surface area contributed by atoms with Gasteiger partial charge in [-0.15, -0.1) is 0 Å². The SMILES string of the molecule is CCc1c([C@@H](C)S(=O)(=O)c2ccc(C)cc2)[nH]c(=O)n1-c1ccc(N2CCN(c3ncc(C(F)(F)F)cc3Cl)CC2)cc1. The highest BCUT2D eigenvalue weighted by Gasteiger charge is 2.33. The van der Waals surface area contributed by atoms with Crippen LogP contribution in [0.2, 0.25) is 5.02 Å². The van der Waals surface area contributed by atoms with Crippen molar-refractivity contribution in [1.82, 2.24) is 14.5 Å². The second-order valence-electron chi connectivity index (χ2n) is 10.5. The van der Waals surface area contributed by atoms with Crippen molar-refractivity contribution in [1.29, 1.82) is 0 Å². The van der Waals surface area contributed by atoms with Crippen LogP contribution < -0.4 is 15.5 Å². The molecular weight excluding hydrogens is 603 g/mol. The van der Waals surface area contributed by atoms with E-state index in [0.717, 1.165) is 23.5 Å². The molecule has 5 rings (SSSR count). The molecule has 1 N–H and O–H groups in total. The molecule has 1 saturated heterocycles. The Morgan fingerprint density at radius 3 is 2.12 bits per heavy atom. The van der Waals surface area contributed by atoms with Gasteiger partial charge in [0.15, 0.2) is 9.84 Å². The summed E-state index contributed by atoms with van der Waals surface area (Å²) in [6.45, 7) is 7.53. The molecule has 8 nitrogen and oxygen atoms in total. The van der Waals surface area contributed by atoms with Crippen molar-refractivity contribution in [3.63, 3.8) is 0 Å². The number of hydrogen-bond donors (Lipinski definition) is 1. The van der Waals surface area contributed by atoms with Crippen LogP contribution in [0, 0.1) is 6.92 Å². The zero-order valence-electron chi connectivity index (χ0n) is 23.8. The standard InChI is InChI=1S/C30H31ClF3N5O3S/c1-4-26-27(20(3)43(41,42)24-11-5-19(2)6-12-24)36-29(40)39(26)23-9-7-22(8-10-23)37-13-15-38(16-14-37)28-25(31)17-21(18-35-28)30(32,33)34/h5-12,17-18,20H,4,13-16H2,1-3H3,(H,36,40)/t20-/m1/s1. The van der Waals surface area contributed by atoms with E-state index in [-0.39, 0.29) is 9.92 Å². The molecular formula is C30H31ClF3N5O3S. The van der Waals surface area contributed by atoms with E-state index in [4.69, 9.17) is 11.6 Å². The number of benzene rings is 2. The number of H-pyrrole nitrogens is 1. The number of hydrogen-bond acceptors (Lipinski definition) is 6. The maximum atomic E-state index is 13.4. The summed E-state index contributed by atoms with van der Waals surface area (Å²) in [5, 5.41) is -1.00. The summed E-state index contributed by atoms with van der Waals surface area (Å²) in [7, 11) is -3.74. The minimum Gasteiger partial charge on any atom is -0.368 e. The Morgan fingerprint density at radius 1 is 0.977 bits per heavy atom. The van der Waals surface area contributed by atoms with Crippen LogP contribution in [0.5, 0.6) is 0 Å². The van der Waals surface area contributed by atoms with Crippen LogP contribution in [0.15, 0.2) is 70.5 Å². The third-order valence-electron chi connectivity index (χ3n) is 7.78. The zero-order valence-corrected chi connectivity index (χ0v) is 25.4. The van der Waals surface area contributed by atoms with E-state index in [0.29, 0.717) is 55.5 Å². The Balaban J connectivity index is 1.33. The molecule has 0 bridgehead atoms. The van der Waals surface area contributed by atoms with Crippen molar-refractivity contribution < 1.29 is 21.6 Å². The predicted octanol–water partition coefficient (Wildman–Crippen LogP) is 5.97. The van der Waals surface area contributed by atoms with Gasteiger partial charge in [-0.3, -0.25) is 4.57 Å². The number of halogens is 4. The molecule has 1 aliphatic heterocycles. The third kappa shape index (κ3) is 6.03. The van der Waals surface area contributed by atoms with Crippen molar-refractivity contribution in [2.45, 2.75) is 43.5 Å². The van der Waals surface area contributed by atoms with Gasteiger partial charge in [-0.05, 0) is 62.7 Å². The number of aromatic amines is 1. The summed E-state index contributed by atoms with van der Waals surface area (Å²) in [5.74, 6) is 0.318. The van der Waals surface area contributed by atoms with Gasteiger partial charge in [-0.1, -0.05) is 36.2 Å². The largest absolute Gasteiger partial charge is 0.417 e. The van der Waals surface area contributed by atoms with Gasteiger partial charge >= 0.3 is 11.9 Å². The summed E-state index contributed by atoms with van der Waals surface area (Å²) in [6.07, 6.45) is -3.28. The maximum absolute atomic E-state index is 13.4. The first-order valence-electron chi connectivity index (χ1n) is 13.8. The Hall–Kier alpha value is -3.77. The van der Waals surface area contributed by atoms with Crippen molar-refractivity contribution in [3.8, 4) is 5.69 Å². The number of nitrogens with one attached hydrogen (secondary N) is 1. The number of imidazole rings is 1. The number of piperazine rings is 1. The van der Waals surface area contributed by atoms with Gasteiger partial charge in [0.25, 0.3) is 0 Å². The topological polar surface area (TPSA) is 91.3 Å². The molecule has 0 saturated carbocycles. The Labute approximate surface area is 252 Å². The van der Waals surface area contributed by atoms with Gasteiger partial charge in [-0.2, -0.15) is 13.2 Å². The summed E-state index contributed by atoms with van der Waals surface area (Å²) < 4.78 is 67.2. The monoisotopic (exact) mass is 633 g/mol. The number of anilines is 2. The Bertz CT molecular complexity index is 1780. The number of nitrogens with zero attached hydrogens (tertiary/aromatic N) is 4. The van der Waals surface area contributed by atoms with Gasteiger partial charge in [-0.25, -0.2) is 18.2 Å². The first-order chi connectivity index (χ1) is 20.3. The minimum atomic E-state index is -4.51. The van der Waals surface area contributed by atoms with Crippen LogP contribution >= 0.6 is 11.6 Å². The fraction of sp³-hybridized carbons (Fsp3) is 0.333. The zero-order chi connectivity index (χ0) is 31.1. The van der Waals surface area contributed by atoms with E-state index < -0.39 is 32.5 Å². The highest BCUT2D eigenvalue weighted by Crippen LogP contribution is 2.34. The third-order valence-corrected chi connectivity index (χ3v) is 10.2. The molecule has 1 atom stereocenters. The van der Waals surface area contributed by atoms with Gasteiger partial charge in [0.2, 0.25) is 0 Å². The van der Waals surface area contributed by atoms with Crippen LogP contribution in [0.25, 0.3) is 5.69 Å². The van der Waals surface area contributed by atoms with E-state index >= 15 is 0 Å². The minimum absolute atomic E-state index is 0.0448. The van der Waals surface area contributed by atoms with Crippen LogP contribution in [0.1, 0.15) is 41.6 Å². The summed E-state index contributed by atoms with van der Waals surface area (Å²) in [6, 6.07) is 14.9. The summed E-state index contributed by atoms with van der Waals surface area (Å²) in [5.41, 5.74) is 2.12. The fourth-order valence-corrected chi connectivity index (χ4v) is 7.05. The highest BCUT2D eigenvalue weighted by molar-refractivity contribution is 7.91. The fourth-order valence-electron chi connectivity index (χ4n) is 5.34. The first-order valence-corrected chi connectivity index (χ1v) is 15.7. The number of alkyl halides is 3. The van der Waals surface area contributed by atoms with Crippen LogP contribution in [0.3, 0.4) is 0 Å². The molecule has 0 amide bonds. The summed E-state index contributed by atoms with van der Waals surface area (Å²) >= 11 is 6.14. The van der Waals surface area contributed by atoms with E-state index in [9.17, 15) is 26.4 Å². The molecule has 1 aliphatic rings. The number of sulfone groups is 1. The van der Waals surface area contributed by atoms with Crippen molar-refractivity contribution in [2.24, 2.45) is 0 Å². The van der Waals surface area contributed by atoms with E-state index in [1.165, 1.54) is 4.57 Å². The van der Waals surface area contributed by atoms with Crippen molar-refractivity contribution in [2.75, 3.05) is 36.0 Å². The molecule has 2 aromatic carbocycles. The van der Waals surface area contributed by atoms with E-state index in [1.54, 1.807) is 31.2 Å². The second kappa shape index (κ2) is 11.7. The van der Waals surface area contributed by atoms with Gasteiger partial charge in [0, 0.05) is 43.8 Å². The average Bonchev–Trinajstić information content (AvgIpc) is 3.32. The molecule has 0 unspecified atom stereocenters. The lowest BCUT2D eigenvalue weighted by molar-refractivity contribution is -0.137. The Morgan fingerprint density at radius 2 is 1.56 bits per heavy atom. The van der Waals surface area contributed by atoms with Crippen LogP contribution in [-0.4, -0.2) is 49.1 Å². The second-order valence-corrected chi connectivity index (χ2v) is 13.2. The normalized spacial score (nSPS) is 15.1. The molecule has 0 radical (unpaired) electrons. The van der Waals surface area contributed by atoms with Gasteiger partial charge < -0.3 is 14.8 Å². The first kappa shape index (κ1) is 30.7. The number of aromatic nitrogens is 3. The van der Waals surface area contributed by atoms with Gasteiger partial charge in [0.05, 0.1) is 26.9 Å². The van der Waals surface area contributed by atoms with E-state index in [2.05, 4.69) is 14.9 Å². The molecule has 1 fully saturated rings. The lowest BCUT2D eigenvalue weighted by Crippen LogP contribution is -2.47. The smallest absolute Gasteiger partial charge is 0.368 e. The molecule has 228 valence electrons. The molecule has 3 heterocycles. The van der Waals surface area contributed by atoms with Crippen molar-refractivity contribution in [3.05, 3.63) is 98.8 Å². The average molecular weight is 634 g/mol. The molecule has 13 heteroatoms. The van der Waals surface area contributed by atoms with Crippen LogP contribution in [0.4, 0.5) is 24.7 Å². The number of rotatable bonds is 7. The van der Waals surface area contributed by atoms with E-state index in [1.807, 2.05) is 43.0 Å². The molecule has 0 aliphatic carbocycles. The lowest BCUT2D eigenvalue weighted by Gasteiger charge is -2.37. The molecule has 0 spiro atoms. The summed E-state index contributed by atoms with van der Waals surface area (Å²) in [4.78, 5) is 24.1.